The maximum atomic E-state index is 12.6. The lowest BCUT2D eigenvalue weighted by atomic mass is 10.2. The Morgan fingerprint density at radius 2 is 1.78 bits per heavy atom. The van der Waals surface area contributed by atoms with Crippen molar-refractivity contribution < 1.29 is 22.7 Å². The van der Waals surface area contributed by atoms with E-state index in [-0.39, 0.29) is 11.5 Å². The lowest BCUT2D eigenvalue weighted by molar-refractivity contribution is -0.137. The second-order valence-corrected chi connectivity index (χ2v) is 6.71. The third-order valence-corrected chi connectivity index (χ3v) is 4.27. The van der Waals surface area contributed by atoms with Gasteiger partial charge in [-0.25, -0.2) is 14.6 Å². The third kappa shape index (κ3) is 4.89. The van der Waals surface area contributed by atoms with Crippen molar-refractivity contribution >= 4 is 11.6 Å². The molecule has 1 N–H and O–H groups in total. The van der Waals surface area contributed by atoms with E-state index in [0.717, 1.165) is 22.4 Å². The molecule has 4 rings (SSSR count). The summed E-state index contributed by atoms with van der Waals surface area (Å²) >= 11 is 0. The molecule has 11 heteroatoms. The molecule has 0 spiro atoms. The lowest BCUT2D eigenvalue weighted by Crippen LogP contribution is -2.12. The van der Waals surface area contributed by atoms with Gasteiger partial charge in [0.1, 0.15) is 5.75 Å². The van der Waals surface area contributed by atoms with E-state index in [1.54, 1.807) is 12.1 Å². The van der Waals surface area contributed by atoms with E-state index >= 15 is 0 Å². The Kier molecular flexibility index (Phi) is 5.54. The molecule has 0 radical (unpaired) electrons. The van der Waals surface area contributed by atoms with Crippen LogP contribution in [0.15, 0.2) is 67.1 Å². The number of ether oxygens (including phenoxy) is 1. The highest BCUT2D eigenvalue weighted by molar-refractivity contribution is 6.02. The monoisotopic (exact) mass is 440 g/mol. The van der Waals surface area contributed by atoms with Crippen LogP contribution in [-0.2, 0) is 6.18 Å². The third-order valence-electron chi connectivity index (χ3n) is 4.27. The first-order chi connectivity index (χ1) is 15.3. The predicted molar refractivity (Wildman–Crippen MR) is 108 cm³/mol. The highest BCUT2D eigenvalue weighted by Crippen LogP contribution is 2.28. The first-order valence-electron chi connectivity index (χ1n) is 9.26. The number of aromatic nitrogens is 5. The minimum absolute atomic E-state index is 0.0494. The number of alkyl halides is 3. The fourth-order valence-corrected chi connectivity index (χ4v) is 2.61. The van der Waals surface area contributed by atoms with Crippen molar-refractivity contribution in [3.63, 3.8) is 0 Å². The predicted octanol–water partition coefficient (Wildman–Crippen LogP) is 4.43. The van der Waals surface area contributed by atoms with Crippen LogP contribution in [0.25, 0.3) is 5.82 Å². The van der Waals surface area contributed by atoms with Gasteiger partial charge in [0.15, 0.2) is 11.5 Å². The number of aryl methyl sites for hydroxylation is 1. The standard InChI is InChI=1S/C21H15F3N6O2/c1-13-2-6-16(7-3-13)32-19-9-5-15(11-26-19)27-20(31)17-12-30(29-28-17)18-8-4-14(10-25-18)21(22,23)24/h2-12H,1H3,(H,27,31). The SMILES string of the molecule is Cc1ccc(Oc2ccc(NC(=O)c3cn(-c4ccc(C(F)(F)F)cn4)nn3)cn2)cc1. The van der Waals surface area contributed by atoms with E-state index in [1.165, 1.54) is 12.4 Å². The molecule has 1 aromatic carbocycles. The number of amides is 1. The summed E-state index contributed by atoms with van der Waals surface area (Å²) in [6, 6.07) is 12.7. The molecule has 32 heavy (non-hydrogen) atoms. The van der Waals surface area contributed by atoms with Crippen LogP contribution in [0, 0.1) is 6.92 Å². The number of pyridine rings is 2. The molecular weight excluding hydrogens is 425 g/mol. The maximum Gasteiger partial charge on any atom is 0.417 e. The number of carbonyl (C=O) groups excluding carboxylic acids is 1. The largest absolute Gasteiger partial charge is 0.439 e. The highest BCUT2D eigenvalue weighted by Gasteiger charge is 2.30. The van der Waals surface area contributed by atoms with E-state index in [1.807, 2.05) is 31.2 Å². The summed E-state index contributed by atoms with van der Waals surface area (Å²) in [7, 11) is 0. The van der Waals surface area contributed by atoms with Crippen LogP contribution in [0.2, 0.25) is 0 Å². The van der Waals surface area contributed by atoms with E-state index in [0.29, 0.717) is 23.5 Å². The molecule has 0 bridgehead atoms. The Labute approximate surface area is 179 Å². The quantitative estimate of drug-likeness (QED) is 0.493. The van der Waals surface area contributed by atoms with Gasteiger partial charge in [0.25, 0.3) is 5.91 Å². The molecule has 0 aliphatic heterocycles. The van der Waals surface area contributed by atoms with Crippen molar-refractivity contribution in [1.29, 1.82) is 0 Å². The second kappa shape index (κ2) is 8.46. The van der Waals surface area contributed by atoms with Gasteiger partial charge in [-0.05, 0) is 37.3 Å². The number of rotatable bonds is 5. The topological polar surface area (TPSA) is 94.8 Å². The van der Waals surface area contributed by atoms with Crippen molar-refractivity contribution in [2.75, 3.05) is 5.32 Å². The molecule has 8 nitrogen and oxygen atoms in total. The van der Waals surface area contributed by atoms with Crippen LogP contribution >= 0.6 is 0 Å². The van der Waals surface area contributed by atoms with E-state index in [4.69, 9.17) is 4.74 Å². The van der Waals surface area contributed by atoms with Gasteiger partial charge < -0.3 is 10.1 Å². The van der Waals surface area contributed by atoms with Gasteiger partial charge in [-0.1, -0.05) is 22.9 Å². The Morgan fingerprint density at radius 1 is 1.00 bits per heavy atom. The summed E-state index contributed by atoms with van der Waals surface area (Å²) in [6.07, 6.45) is -1.13. The summed E-state index contributed by atoms with van der Waals surface area (Å²) in [5, 5.41) is 10.1. The van der Waals surface area contributed by atoms with Gasteiger partial charge in [0, 0.05) is 12.3 Å². The number of carbonyl (C=O) groups is 1. The zero-order valence-electron chi connectivity index (χ0n) is 16.5. The first kappa shape index (κ1) is 21.0. The molecule has 0 fully saturated rings. The number of benzene rings is 1. The van der Waals surface area contributed by atoms with Gasteiger partial charge in [-0.2, -0.15) is 13.2 Å². The summed E-state index contributed by atoms with van der Waals surface area (Å²) in [5.41, 5.74) is 0.566. The molecule has 1 amide bonds. The minimum Gasteiger partial charge on any atom is -0.439 e. The average Bonchev–Trinajstić information content (AvgIpc) is 3.27. The number of nitrogens with one attached hydrogen (secondary N) is 1. The number of anilines is 1. The van der Waals surface area contributed by atoms with Crippen LogP contribution in [0.4, 0.5) is 18.9 Å². The second-order valence-electron chi connectivity index (χ2n) is 6.71. The van der Waals surface area contributed by atoms with Crippen LogP contribution in [-0.4, -0.2) is 30.9 Å². The molecule has 162 valence electrons. The molecule has 0 unspecified atom stereocenters. The van der Waals surface area contributed by atoms with Gasteiger partial charge in [0.05, 0.1) is 23.6 Å². The van der Waals surface area contributed by atoms with Crippen LogP contribution in [0.1, 0.15) is 21.6 Å². The number of hydrogen-bond acceptors (Lipinski definition) is 6. The fraction of sp³-hybridized carbons (Fsp3) is 0.0952. The summed E-state index contributed by atoms with van der Waals surface area (Å²) < 4.78 is 44.7. The Balaban J connectivity index is 1.40. The molecule has 3 heterocycles. The number of hydrogen-bond donors (Lipinski definition) is 1. The molecule has 0 atom stereocenters. The highest BCUT2D eigenvalue weighted by atomic mass is 19.4. The summed E-state index contributed by atoms with van der Waals surface area (Å²) in [4.78, 5) is 20.2. The smallest absolute Gasteiger partial charge is 0.417 e. The zero-order valence-corrected chi connectivity index (χ0v) is 16.5. The van der Waals surface area contributed by atoms with E-state index in [9.17, 15) is 18.0 Å². The van der Waals surface area contributed by atoms with E-state index < -0.39 is 17.6 Å². The number of nitrogens with zero attached hydrogens (tertiary/aromatic N) is 5. The Hall–Kier alpha value is -4.28. The maximum absolute atomic E-state index is 12.6. The van der Waals surface area contributed by atoms with Crippen LogP contribution in [0.5, 0.6) is 11.6 Å². The van der Waals surface area contributed by atoms with Crippen molar-refractivity contribution in [2.45, 2.75) is 13.1 Å². The molecule has 0 saturated heterocycles. The zero-order chi connectivity index (χ0) is 22.7. The first-order valence-corrected chi connectivity index (χ1v) is 9.26. The van der Waals surface area contributed by atoms with Gasteiger partial charge >= 0.3 is 6.18 Å². The van der Waals surface area contributed by atoms with Crippen molar-refractivity contribution in [1.82, 2.24) is 25.0 Å². The van der Waals surface area contributed by atoms with Crippen molar-refractivity contribution in [2.24, 2.45) is 0 Å². The summed E-state index contributed by atoms with van der Waals surface area (Å²) in [5.74, 6) is 0.500. The molecule has 0 saturated carbocycles. The molecule has 0 aliphatic rings. The van der Waals surface area contributed by atoms with Gasteiger partial charge in [-0.15, -0.1) is 5.10 Å². The molecule has 0 aliphatic carbocycles. The van der Waals surface area contributed by atoms with Crippen molar-refractivity contribution in [3.05, 3.63) is 83.9 Å². The van der Waals surface area contributed by atoms with Crippen molar-refractivity contribution in [3.8, 4) is 17.4 Å². The normalized spacial score (nSPS) is 11.2. The minimum atomic E-state index is -4.49. The molecule has 4 aromatic rings. The summed E-state index contributed by atoms with van der Waals surface area (Å²) in [6.45, 7) is 1.97. The fourth-order valence-electron chi connectivity index (χ4n) is 2.61. The Morgan fingerprint density at radius 3 is 2.41 bits per heavy atom. The number of halogens is 3. The Bertz CT molecular complexity index is 1220. The van der Waals surface area contributed by atoms with Crippen LogP contribution in [0.3, 0.4) is 0 Å². The van der Waals surface area contributed by atoms with Crippen LogP contribution < -0.4 is 10.1 Å². The van der Waals surface area contributed by atoms with Gasteiger partial charge in [0.2, 0.25) is 5.88 Å². The molecular formula is C21H15F3N6O2. The lowest BCUT2D eigenvalue weighted by Gasteiger charge is -2.07. The van der Waals surface area contributed by atoms with Gasteiger partial charge in [-0.3, -0.25) is 4.79 Å². The van der Waals surface area contributed by atoms with E-state index in [2.05, 4.69) is 25.6 Å². The average molecular weight is 440 g/mol. The molecule has 3 aromatic heterocycles.